The molecule has 1 heterocycles. The third-order valence-electron chi connectivity index (χ3n) is 2.43. The predicted molar refractivity (Wildman–Crippen MR) is 63.5 cm³/mol. The van der Waals surface area contributed by atoms with Gasteiger partial charge in [0.15, 0.2) is 0 Å². The SMILES string of the molecule is CC(C)C(CC(=O)O)Nc1ccc(C#N)cn1. The number of aliphatic carboxylic acids is 1. The van der Waals surface area contributed by atoms with Crippen molar-refractivity contribution in [1.82, 2.24) is 4.98 Å². The van der Waals surface area contributed by atoms with E-state index in [9.17, 15) is 4.79 Å². The van der Waals surface area contributed by atoms with Crippen molar-refractivity contribution < 1.29 is 9.90 Å². The first kappa shape index (κ1) is 13.0. The van der Waals surface area contributed by atoms with Gasteiger partial charge in [0.1, 0.15) is 11.9 Å². The van der Waals surface area contributed by atoms with Crippen molar-refractivity contribution in [3.8, 4) is 6.07 Å². The van der Waals surface area contributed by atoms with E-state index in [2.05, 4.69) is 10.3 Å². The highest BCUT2D eigenvalue weighted by atomic mass is 16.4. The van der Waals surface area contributed by atoms with E-state index in [4.69, 9.17) is 10.4 Å². The summed E-state index contributed by atoms with van der Waals surface area (Å²) in [6.07, 6.45) is 1.50. The molecule has 1 unspecified atom stereocenters. The van der Waals surface area contributed by atoms with Crippen LogP contribution < -0.4 is 5.32 Å². The number of nitrogens with one attached hydrogen (secondary N) is 1. The standard InChI is InChI=1S/C12H15N3O2/c1-8(2)10(5-12(16)17)15-11-4-3-9(6-13)7-14-11/h3-4,7-8,10H,5H2,1-2H3,(H,14,15)(H,16,17). The van der Waals surface area contributed by atoms with Crippen LogP contribution in [0, 0.1) is 17.2 Å². The molecule has 1 aromatic rings. The van der Waals surface area contributed by atoms with Gasteiger partial charge in [0.2, 0.25) is 0 Å². The molecule has 0 radical (unpaired) electrons. The molecular formula is C12H15N3O2. The second-order valence-electron chi connectivity index (χ2n) is 4.14. The minimum atomic E-state index is -0.843. The zero-order chi connectivity index (χ0) is 12.8. The molecule has 90 valence electrons. The maximum atomic E-state index is 10.7. The summed E-state index contributed by atoms with van der Waals surface area (Å²) in [4.78, 5) is 14.8. The number of hydrogen-bond acceptors (Lipinski definition) is 4. The van der Waals surface area contributed by atoms with E-state index >= 15 is 0 Å². The van der Waals surface area contributed by atoms with Crippen molar-refractivity contribution in [2.45, 2.75) is 26.3 Å². The van der Waals surface area contributed by atoms with E-state index in [-0.39, 0.29) is 18.4 Å². The fraction of sp³-hybridized carbons (Fsp3) is 0.417. The van der Waals surface area contributed by atoms with Crippen molar-refractivity contribution in [3.05, 3.63) is 23.9 Å². The van der Waals surface area contributed by atoms with E-state index in [1.807, 2.05) is 19.9 Å². The summed E-state index contributed by atoms with van der Waals surface area (Å²) in [5.74, 6) is -0.0719. The van der Waals surface area contributed by atoms with Crippen molar-refractivity contribution >= 4 is 11.8 Å². The lowest BCUT2D eigenvalue weighted by atomic mass is 10.0. The molecule has 0 fully saturated rings. The van der Waals surface area contributed by atoms with Gasteiger partial charge < -0.3 is 10.4 Å². The highest BCUT2D eigenvalue weighted by Gasteiger charge is 2.17. The van der Waals surface area contributed by atoms with Gasteiger partial charge in [-0.2, -0.15) is 5.26 Å². The van der Waals surface area contributed by atoms with Crippen molar-refractivity contribution in [2.75, 3.05) is 5.32 Å². The minimum absolute atomic E-state index is 0.0410. The number of carboxylic acids is 1. The van der Waals surface area contributed by atoms with Crippen LogP contribution in [-0.4, -0.2) is 22.1 Å². The van der Waals surface area contributed by atoms with Crippen LogP contribution in [-0.2, 0) is 4.79 Å². The molecule has 0 saturated carbocycles. The largest absolute Gasteiger partial charge is 0.481 e. The van der Waals surface area contributed by atoms with E-state index in [0.29, 0.717) is 11.4 Å². The Morgan fingerprint density at radius 3 is 2.71 bits per heavy atom. The second kappa shape index (κ2) is 5.85. The number of carboxylic acid groups (broad SMARTS) is 1. The number of rotatable bonds is 5. The van der Waals surface area contributed by atoms with Crippen molar-refractivity contribution in [3.63, 3.8) is 0 Å². The monoisotopic (exact) mass is 233 g/mol. The Morgan fingerprint density at radius 1 is 1.59 bits per heavy atom. The van der Waals surface area contributed by atoms with Crippen molar-refractivity contribution in [1.29, 1.82) is 5.26 Å². The van der Waals surface area contributed by atoms with Gasteiger partial charge >= 0.3 is 5.97 Å². The third-order valence-corrected chi connectivity index (χ3v) is 2.43. The maximum absolute atomic E-state index is 10.7. The molecule has 0 saturated heterocycles. The first-order valence-corrected chi connectivity index (χ1v) is 5.37. The summed E-state index contributed by atoms with van der Waals surface area (Å²) in [6.45, 7) is 3.90. The smallest absolute Gasteiger partial charge is 0.305 e. The van der Waals surface area contributed by atoms with Crippen LogP contribution in [0.25, 0.3) is 0 Å². The molecule has 5 nitrogen and oxygen atoms in total. The quantitative estimate of drug-likeness (QED) is 0.810. The van der Waals surface area contributed by atoms with Crippen LogP contribution in [0.4, 0.5) is 5.82 Å². The average Bonchev–Trinajstić information content (AvgIpc) is 2.28. The highest BCUT2D eigenvalue weighted by molar-refractivity contribution is 5.68. The molecule has 0 spiro atoms. The number of hydrogen-bond donors (Lipinski definition) is 2. The van der Waals surface area contributed by atoms with E-state index in [0.717, 1.165) is 0 Å². The Labute approximate surface area is 100 Å². The molecule has 1 aromatic heterocycles. The molecule has 0 bridgehead atoms. The Balaban J connectivity index is 2.72. The van der Waals surface area contributed by atoms with Crippen LogP contribution >= 0.6 is 0 Å². The number of pyridine rings is 1. The average molecular weight is 233 g/mol. The summed E-state index contributed by atoms with van der Waals surface area (Å²) in [6, 6.07) is 5.13. The molecule has 0 aliphatic rings. The first-order chi connectivity index (χ1) is 8.02. The molecule has 17 heavy (non-hydrogen) atoms. The molecule has 0 aliphatic carbocycles. The van der Waals surface area contributed by atoms with Gasteiger partial charge in [-0.1, -0.05) is 13.8 Å². The lowest BCUT2D eigenvalue weighted by Gasteiger charge is -2.21. The number of nitriles is 1. The van der Waals surface area contributed by atoms with E-state index in [1.54, 1.807) is 12.1 Å². The maximum Gasteiger partial charge on any atom is 0.305 e. The van der Waals surface area contributed by atoms with Gasteiger partial charge in [-0.25, -0.2) is 4.98 Å². The highest BCUT2D eigenvalue weighted by Crippen LogP contribution is 2.13. The molecule has 1 rings (SSSR count). The van der Waals surface area contributed by atoms with Crippen LogP contribution in [0.3, 0.4) is 0 Å². The summed E-state index contributed by atoms with van der Waals surface area (Å²) in [5.41, 5.74) is 0.481. The van der Waals surface area contributed by atoms with Gasteiger partial charge in [-0.3, -0.25) is 4.79 Å². The topological polar surface area (TPSA) is 86.0 Å². The zero-order valence-electron chi connectivity index (χ0n) is 9.84. The Hall–Kier alpha value is -2.09. The van der Waals surface area contributed by atoms with Crippen LogP contribution in [0.15, 0.2) is 18.3 Å². The fourth-order valence-electron chi connectivity index (χ4n) is 1.38. The second-order valence-corrected chi connectivity index (χ2v) is 4.14. The van der Waals surface area contributed by atoms with Crippen molar-refractivity contribution in [2.24, 2.45) is 5.92 Å². The van der Waals surface area contributed by atoms with E-state index in [1.165, 1.54) is 6.20 Å². The molecule has 5 heteroatoms. The molecule has 0 aromatic carbocycles. The van der Waals surface area contributed by atoms with Gasteiger partial charge in [0.25, 0.3) is 0 Å². The summed E-state index contributed by atoms with van der Waals surface area (Å²) >= 11 is 0. The van der Waals surface area contributed by atoms with Crippen LogP contribution in [0.5, 0.6) is 0 Å². The molecule has 0 aliphatic heterocycles. The number of aromatic nitrogens is 1. The summed E-state index contributed by atoms with van der Waals surface area (Å²) in [7, 11) is 0. The zero-order valence-corrected chi connectivity index (χ0v) is 9.84. The number of anilines is 1. The van der Waals surface area contributed by atoms with E-state index < -0.39 is 5.97 Å². The predicted octanol–water partition coefficient (Wildman–Crippen LogP) is 1.86. The first-order valence-electron chi connectivity index (χ1n) is 5.37. The molecule has 2 N–H and O–H groups in total. The number of nitrogens with zero attached hydrogens (tertiary/aromatic N) is 2. The van der Waals surface area contributed by atoms with Gasteiger partial charge in [-0.05, 0) is 18.1 Å². The number of carbonyl (C=O) groups is 1. The van der Waals surface area contributed by atoms with Gasteiger partial charge in [0.05, 0.1) is 12.0 Å². The minimum Gasteiger partial charge on any atom is -0.481 e. The lowest BCUT2D eigenvalue weighted by molar-refractivity contribution is -0.137. The third kappa shape index (κ3) is 4.11. The Kier molecular flexibility index (Phi) is 4.46. The fourth-order valence-corrected chi connectivity index (χ4v) is 1.38. The lowest BCUT2D eigenvalue weighted by Crippen LogP contribution is -2.28. The Bertz CT molecular complexity index is 420. The van der Waals surface area contributed by atoms with Crippen LogP contribution in [0.2, 0.25) is 0 Å². The molecule has 1 atom stereocenters. The molecule has 0 amide bonds. The summed E-state index contributed by atoms with van der Waals surface area (Å²) in [5, 5.41) is 20.5. The normalized spacial score (nSPS) is 11.9. The molecular weight excluding hydrogens is 218 g/mol. The van der Waals surface area contributed by atoms with Crippen LogP contribution in [0.1, 0.15) is 25.8 Å². The Morgan fingerprint density at radius 2 is 2.29 bits per heavy atom. The van der Waals surface area contributed by atoms with Gasteiger partial charge in [-0.15, -0.1) is 0 Å². The summed E-state index contributed by atoms with van der Waals surface area (Å²) < 4.78 is 0. The van der Waals surface area contributed by atoms with Gasteiger partial charge in [0, 0.05) is 12.2 Å².